The van der Waals surface area contributed by atoms with Crippen LogP contribution in [-0.2, 0) is 14.3 Å². The van der Waals surface area contributed by atoms with Crippen molar-refractivity contribution in [2.24, 2.45) is 15.9 Å². The van der Waals surface area contributed by atoms with Crippen LogP contribution in [0.15, 0.2) is 65.8 Å². The van der Waals surface area contributed by atoms with Crippen LogP contribution in [0.1, 0.15) is 18.4 Å². The predicted molar refractivity (Wildman–Crippen MR) is 103 cm³/mol. The molecule has 0 N–H and O–H groups in total. The summed E-state index contributed by atoms with van der Waals surface area (Å²) in [5.74, 6) is -2.20. The number of carbonyl (C=O) groups is 2. The van der Waals surface area contributed by atoms with E-state index in [0.717, 1.165) is 5.01 Å². The zero-order chi connectivity index (χ0) is 20.6. The molecular formula is C22H16N4O3. The number of nitriles is 2. The van der Waals surface area contributed by atoms with Crippen molar-refractivity contribution in [2.45, 2.75) is 12.8 Å². The summed E-state index contributed by atoms with van der Waals surface area (Å²) in [6, 6.07) is 21.4. The molecule has 0 radical (unpaired) electrons. The van der Waals surface area contributed by atoms with Gasteiger partial charge in [0.1, 0.15) is 5.41 Å². The van der Waals surface area contributed by atoms with Crippen molar-refractivity contribution in [2.75, 3.05) is 11.6 Å². The SMILES string of the molecule is CCOC(=O)C1=NN(c2ccccc2)C(=O)[C@]12[C@@H](c1ccccc1)C2(C#N)C#N. The molecule has 2 aromatic carbocycles. The molecule has 1 spiro atoms. The normalized spacial score (nSPS) is 23.8. The van der Waals surface area contributed by atoms with Gasteiger partial charge in [0.2, 0.25) is 0 Å². The smallest absolute Gasteiger partial charge is 0.355 e. The Morgan fingerprint density at radius 2 is 1.69 bits per heavy atom. The Labute approximate surface area is 167 Å². The highest BCUT2D eigenvalue weighted by molar-refractivity contribution is 6.48. The number of amides is 1. The van der Waals surface area contributed by atoms with E-state index >= 15 is 0 Å². The lowest BCUT2D eigenvalue weighted by Crippen LogP contribution is -2.37. The fourth-order valence-electron chi connectivity index (χ4n) is 4.20. The molecule has 1 saturated carbocycles. The van der Waals surface area contributed by atoms with Crippen LogP contribution in [0.3, 0.4) is 0 Å². The molecule has 2 aromatic rings. The average molecular weight is 384 g/mol. The first-order valence-corrected chi connectivity index (χ1v) is 9.11. The summed E-state index contributed by atoms with van der Waals surface area (Å²) >= 11 is 0. The van der Waals surface area contributed by atoms with E-state index in [-0.39, 0.29) is 12.3 Å². The zero-order valence-corrected chi connectivity index (χ0v) is 15.6. The molecule has 0 saturated heterocycles. The first-order chi connectivity index (χ1) is 14.1. The number of hydrazone groups is 1. The first kappa shape index (κ1) is 18.4. The van der Waals surface area contributed by atoms with Crippen LogP contribution in [0.2, 0.25) is 0 Å². The van der Waals surface area contributed by atoms with Gasteiger partial charge >= 0.3 is 5.97 Å². The lowest BCUT2D eigenvalue weighted by molar-refractivity contribution is -0.136. The van der Waals surface area contributed by atoms with Gasteiger partial charge in [0, 0.05) is 5.92 Å². The molecule has 1 heterocycles. The van der Waals surface area contributed by atoms with E-state index < -0.39 is 28.6 Å². The molecule has 2 atom stereocenters. The third kappa shape index (κ3) is 2.25. The standard InChI is InChI=1S/C22H16N4O3/c1-2-29-19(27)18-22(20(28)26(25-18)16-11-7-4-8-12-16)17(21(22,13-23)14-24)15-9-5-3-6-10-15/h3-12,17H,2H2,1H3/t17-,22-/m0/s1. The number of benzene rings is 2. The molecule has 0 unspecified atom stereocenters. The molecule has 7 nitrogen and oxygen atoms in total. The van der Waals surface area contributed by atoms with Crippen molar-refractivity contribution in [1.82, 2.24) is 0 Å². The number of rotatable bonds is 4. The lowest BCUT2D eigenvalue weighted by Gasteiger charge is -2.15. The second-order valence-corrected chi connectivity index (χ2v) is 6.80. The third-order valence-electron chi connectivity index (χ3n) is 5.46. The minimum absolute atomic E-state index is 0.0789. The fraction of sp³-hybridized carbons (Fsp3) is 0.227. The summed E-state index contributed by atoms with van der Waals surface area (Å²) in [6.07, 6.45) is 0. The van der Waals surface area contributed by atoms with Gasteiger partial charge in [-0.1, -0.05) is 48.5 Å². The van der Waals surface area contributed by atoms with Crippen molar-refractivity contribution in [3.63, 3.8) is 0 Å². The zero-order valence-electron chi connectivity index (χ0n) is 15.6. The van der Waals surface area contributed by atoms with Crippen molar-refractivity contribution in [1.29, 1.82) is 10.5 Å². The lowest BCUT2D eigenvalue weighted by atomic mass is 9.89. The van der Waals surface area contributed by atoms with Crippen LogP contribution >= 0.6 is 0 Å². The second-order valence-electron chi connectivity index (χ2n) is 6.80. The van der Waals surface area contributed by atoms with Gasteiger partial charge in [0.25, 0.3) is 5.91 Å². The van der Waals surface area contributed by atoms with E-state index in [1.165, 1.54) is 0 Å². The van der Waals surface area contributed by atoms with Gasteiger partial charge in [-0.2, -0.15) is 20.6 Å². The quantitative estimate of drug-likeness (QED) is 0.754. The Hall–Kier alpha value is -3.97. The van der Waals surface area contributed by atoms with Crippen LogP contribution in [0, 0.1) is 33.5 Å². The number of para-hydroxylation sites is 1. The summed E-state index contributed by atoms with van der Waals surface area (Å²) in [5, 5.41) is 25.3. The maximum atomic E-state index is 13.6. The molecule has 142 valence electrons. The van der Waals surface area contributed by atoms with E-state index in [2.05, 4.69) is 5.10 Å². The highest BCUT2D eigenvalue weighted by atomic mass is 16.5. The maximum absolute atomic E-state index is 13.6. The minimum Gasteiger partial charge on any atom is -0.461 e. The number of hydrogen-bond donors (Lipinski definition) is 0. The van der Waals surface area contributed by atoms with E-state index in [1.54, 1.807) is 67.6 Å². The highest BCUT2D eigenvalue weighted by Crippen LogP contribution is 2.76. The Bertz CT molecular complexity index is 1080. The fourth-order valence-corrected chi connectivity index (χ4v) is 4.20. The summed E-state index contributed by atoms with van der Waals surface area (Å²) in [5.41, 5.74) is -2.60. The predicted octanol–water partition coefficient (Wildman–Crippen LogP) is 2.77. The second kappa shape index (κ2) is 6.57. The number of anilines is 1. The molecule has 7 heteroatoms. The van der Waals surface area contributed by atoms with Gasteiger partial charge < -0.3 is 4.74 Å². The topological polar surface area (TPSA) is 107 Å². The van der Waals surface area contributed by atoms with Crippen LogP contribution in [0.4, 0.5) is 5.69 Å². The Morgan fingerprint density at radius 1 is 1.10 bits per heavy atom. The van der Waals surface area contributed by atoms with Gasteiger partial charge in [-0.05, 0) is 24.6 Å². The van der Waals surface area contributed by atoms with E-state index in [0.29, 0.717) is 11.3 Å². The molecule has 1 aliphatic heterocycles. The van der Waals surface area contributed by atoms with Crippen LogP contribution in [-0.4, -0.2) is 24.2 Å². The van der Waals surface area contributed by atoms with Crippen LogP contribution in [0.5, 0.6) is 0 Å². The number of esters is 1. The van der Waals surface area contributed by atoms with Crippen molar-refractivity contribution >= 4 is 23.3 Å². The molecule has 1 amide bonds. The number of carbonyl (C=O) groups excluding carboxylic acids is 2. The summed E-state index contributed by atoms with van der Waals surface area (Å²) < 4.78 is 5.13. The van der Waals surface area contributed by atoms with Crippen molar-refractivity contribution in [3.8, 4) is 12.1 Å². The van der Waals surface area contributed by atoms with Gasteiger partial charge in [0.05, 0.1) is 24.4 Å². The number of nitrogens with zero attached hydrogens (tertiary/aromatic N) is 4. The third-order valence-corrected chi connectivity index (χ3v) is 5.46. The summed E-state index contributed by atoms with van der Waals surface area (Å²) in [6.45, 7) is 1.72. The van der Waals surface area contributed by atoms with Gasteiger partial charge in [-0.15, -0.1) is 0 Å². The van der Waals surface area contributed by atoms with Crippen LogP contribution < -0.4 is 5.01 Å². The molecule has 1 aliphatic carbocycles. The summed E-state index contributed by atoms with van der Waals surface area (Å²) in [7, 11) is 0. The Morgan fingerprint density at radius 3 is 2.24 bits per heavy atom. The van der Waals surface area contributed by atoms with Gasteiger partial charge in [-0.25, -0.2) is 4.79 Å². The monoisotopic (exact) mass is 384 g/mol. The largest absolute Gasteiger partial charge is 0.461 e. The van der Waals surface area contributed by atoms with Crippen molar-refractivity contribution < 1.29 is 14.3 Å². The minimum atomic E-state index is -1.75. The maximum Gasteiger partial charge on any atom is 0.355 e. The van der Waals surface area contributed by atoms with E-state index in [9.17, 15) is 20.1 Å². The molecule has 2 aliphatic rings. The number of ether oxygens (including phenoxy) is 1. The van der Waals surface area contributed by atoms with Crippen LogP contribution in [0.25, 0.3) is 0 Å². The number of hydrogen-bond acceptors (Lipinski definition) is 6. The van der Waals surface area contributed by atoms with Gasteiger partial charge in [-0.3, -0.25) is 4.79 Å². The molecule has 0 aromatic heterocycles. The molecular weight excluding hydrogens is 368 g/mol. The molecule has 29 heavy (non-hydrogen) atoms. The van der Waals surface area contributed by atoms with E-state index in [4.69, 9.17) is 4.74 Å². The van der Waals surface area contributed by atoms with E-state index in [1.807, 2.05) is 12.1 Å². The summed E-state index contributed by atoms with van der Waals surface area (Å²) in [4.78, 5) is 26.4. The Kier molecular flexibility index (Phi) is 4.17. The average Bonchev–Trinajstić information content (AvgIpc) is 3.27. The van der Waals surface area contributed by atoms with Crippen molar-refractivity contribution in [3.05, 3.63) is 66.2 Å². The first-order valence-electron chi connectivity index (χ1n) is 9.11. The molecule has 1 fully saturated rings. The van der Waals surface area contributed by atoms with Gasteiger partial charge in [0.15, 0.2) is 11.1 Å². The highest BCUT2D eigenvalue weighted by Gasteiger charge is 2.89. The Balaban J connectivity index is 1.93. The molecule has 0 bridgehead atoms. The molecule has 4 rings (SSSR count).